The summed E-state index contributed by atoms with van der Waals surface area (Å²) in [4.78, 5) is 26.7. The Kier molecular flexibility index (Phi) is 7.41. The van der Waals surface area contributed by atoms with Gasteiger partial charge in [0.25, 0.3) is 11.8 Å². The molecule has 27 heavy (non-hydrogen) atoms. The van der Waals surface area contributed by atoms with E-state index in [0.29, 0.717) is 17.7 Å². The van der Waals surface area contributed by atoms with Gasteiger partial charge in [0.15, 0.2) is 0 Å². The Morgan fingerprint density at radius 1 is 0.889 bits per heavy atom. The van der Waals surface area contributed by atoms with Crippen LogP contribution in [0.1, 0.15) is 53.5 Å². The van der Waals surface area contributed by atoms with Crippen molar-refractivity contribution < 1.29 is 9.59 Å². The largest absolute Gasteiger partial charge is 0.372 e. The predicted octanol–water partition coefficient (Wildman–Crippen LogP) is 4.23. The van der Waals surface area contributed by atoms with Gasteiger partial charge in [-0.15, -0.1) is 0 Å². The van der Waals surface area contributed by atoms with E-state index in [0.717, 1.165) is 36.4 Å². The molecule has 2 N–H and O–H groups in total. The van der Waals surface area contributed by atoms with Crippen LogP contribution in [-0.2, 0) is 0 Å². The van der Waals surface area contributed by atoms with Crippen molar-refractivity contribution >= 4 is 23.2 Å². The van der Waals surface area contributed by atoms with Gasteiger partial charge in [0.2, 0.25) is 0 Å². The molecule has 0 unspecified atom stereocenters. The SMILES string of the molecule is CCCNC(=O)c1ccc(C(=O)Nc2ccc(N(CC)CC)cc2C)cc1. The molecular formula is C22H29N3O2. The van der Waals surface area contributed by atoms with Crippen molar-refractivity contribution in [2.75, 3.05) is 29.9 Å². The van der Waals surface area contributed by atoms with Crippen LogP contribution in [0.4, 0.5) is 11.4 Å². The minimum atomic E-state index is -0.186. The van der Waals surface area contributed by atoms with E-state index in [4.69, 9.17) is 0 Å². The number of hydrogen-bond donors (Lipinski definition) is 2. The number of rotatable bonds is 8. The molecule has 0 atom stereocenters. The molecule has 0 radical (unpaired) electrons. The Morgan fingerprint density at radius 2 is 1.48 bits per heavy atom. The molecule has 2 aromatic carbocycles. The van der Waals surface area contributed by atoms with Crippen LogP contribution in [0.5, 0.6) is 0 Å². The highest BCUT2D eigenvalue weighted by Crippen LogP contribution is 2.23. The standard InChI is InChI=1S/C22H29N3O2/c1-5-14-23-21(26)17-8-10-18(11-9-17)22(27)24-20-13-12-19(15-16(20)4)25(6-2)7-3/h8-13,15H,5-7,14H2,1-4H3,(H,23,26)(H,24,27). The summed E-state index contributed by atoms with van der Waals surface area (Å²) in [6, 6.07) is 12.8. The molecule has 5 heteroatoms. The molecule has 0 aromatic heterocycles. The Balaban J connectivity index is 2.07. The normalized spacial score (nSPS) is 10.4. The van der Waals surface area contributed by atoms with Gasteiger partial charge < -0.3 is 15.5 Å². The van der Waals surface area contributed by atoms with E-state index < -0.39 is 0 Å². The number of anilines is 2. The van der Waals surface area contributed by atoms with Crippen molar-refractivity contribution in [1.29, 1.82) is 0 Å². The minimum absolute atomic E-state index is 0.119. The van der Waals surface area contributed by atoms with Gasteiger partial charge in [0, 0.05) is 42.1 Å². The van der Waals surface area contributed by atoms with Crippen LogP contribution in [0.2, 0.25) is 0 Å². The molecule has 0 heterocycles. The molecule has 0 saturated heterocycles. The van der Waals surface area contributed by atoms with Crippen LogP contribution in [0.15, 0.2) is 42.5 Å². The first-order chi connectivity index (χ1) is 13.0. The lowest BCUT2D eigenvalue weighted by Crippen LogP contribution is -2.24. The first-order valence-corrected chi connectivity index (χ1v) is 9.55. The van der Waals surface area contributed by atoms with Crippen molar-refractivity contribution in [1.82, 2.24) is 5.32 Å². The highest BCUT2D eigenvalue weighted by atomic mass is 16.2. The summed E-state index contributed by atoms with van der Waals surface area (Å²) in [5.41, 5.74) is 4.04. The molecule has 2 amide bonds. The van der Waals surface area contributed by atoms with Crippen molar-refractivity contribution in [2.45, 2.75) is 34.1 Å². The molecule has 0 aliphatic heterocycles. The van der Waals surface area contributed by atoms with Gasteiger partial charge in [-0.2, -0.15) is 0 Å². The third-order valence-corrected chi connectivity index (χ3v) is 4.53. The molecule has 0 saturated carbocycles. The van der Waals surface area contributed by atoms with Crippen LogP contribution in [0.25, 0.3) is 0 Å². The Morgan fingerprint density at radius 3 is 2.00 bits per heavy atom. The molecule has 5 nitrogen and oxygen atoms in total. The van der Waals surface area contributed by atoms with Crippen molar-refractivity contribution in [3.63, 3.8) is 0 Å². The summed E-state index contributed by atoms with van der Waals surface area (Å²) >= 11 is 0. The molecule has 0 spiro atoms. The molecule has 0 aliphatic carbocycles. The number of carbonyl (C=O) groups excluding carboxylic acids is 2. The molecule has 0 aliphatic rings. The predicted molar refractivity (Wildman–Crippen MR) is 112 cm³/mol. The number of nitrogens with zero attached hydrogens (tertiary/aromatic N) is 1. The van der Waals surface area contributed by atoms with Gasteiger partial charge in [-0.1, -0.05) is 6.92 Å². The summed E-state index contributed by atoms with van der Waals surface area (Å²) in [6.45, 7) is 10.8. The third kappa shape index (κ3) is 5.33. The third-order valence-electron chi connectivity index (χ3n) is 4.53. The zero-order chi connectivity index (χ0) is 19.8. The zero-order valence-corrected chi connectivity index (χ0v) is 16.6. The maximum Gasteiger partial charge on any atom is 0.255 e. The lowest BCUT2D eigenvalue weighted by molar-refractivity contribution is 0.0951. The van der Waals surface area contributed by atoms with Gasteiger partial charge in [0.1, 0.15) is 0 Å². The highest BCUT2D eigenvalue weighted by molar-refractivity contribution is 6.05. The second kappa shape index (κ2) is 9.76. The summed E-state index contributed by atoms with van der Waals surface area (Å²) in [5, 5.41) is 5.78. The second-order valence-corrected chi connectivity index (χ2v) is 6.46. The number of carbonyl (C=O) groups is 2. The fourth-order valence-electron chi connectivity index (χ4n) is 2.88. The van der Waals surface area contributed by atoms with Crippen molar-refractivity contribution in [2.24, 2.45) is 0 Å². The topological polar surface area (TPSA) is 61.4 Å². The molecule has 2 rings (SSSR count). The van der Waals surface area contributed by atoms with Crippen LogP contribution < -0.4 is 15.5 Å². The minimum Gasteiger partial charge on any atom is -0.372 e. The van der Waals surface area contributed by atoms with Gasteiger partial charge >= 0.3 is 0 Å². The average Bonchev–Trinajstić information content (AvgIpc) is 2.69. The molecular weight excluding hydrogens is 338 g/mol. The van der Waals surface area contributed by atoms with Crippen LogP contribution >= 0.6 is 0 Å². The Labute approximate surface area is 161 Å². The number of benzene rings is 2. The quantitative estimate of drug-likeness (QED) is 0.734. The van der Waals surface area contributed by atoms with Gasteiger partial charge in [0.05, 0.1) is 0 Å². The summed E-state index contributed by atoms with van der Waals surface area (Å²) < 4.78 is 0. The van der Waals surface area contributed by atoms with Crippen LogP contribution in [-0.4, -0.2) is 31.4 Å². The fraction of sp³-hybridized carbons (Fsp3) is 0.364. The molecule has 0 fully saturated rings. The Hall–Kier alpha value is -2.82. The lowest BCUT2D eigenvalue weighted by atomic mass is 10.1. The van der Waals surface area contributed by atoms with Gasteiger partial charge in [-0.3, -0.25) is 9.59 Å². The van der Waals surface area contributed by atoms with Crippen LogP contribution in [0, 0.1) is 6.92 Å². The van der Waals surface area contributed by atoms with E-state index in [1.807, 2.05) is 26.0 Å². The van der Waals surface area contributed by atoms with Crippen molar-refractivity contribution in [3.05, 3.63) is 59.2 Å². The first-order valence-electron chi connectivity index (χ1n) is 9.55. The number of hydrogen-bond acceptors (Lipinski definition) is 3. The number of amides is 2. The van der Waals surface area contributed by atoms with E-state index in [-0.39, 0.29) is 11.8 Å². The summed E-state index contributed by atoms with van der Waals surface area (Å²) in [7, 11) is 0. The van der Waals surface area contributed by atoms with Gasteiger partial charge in [-0.05, 0) is 75.2 Å². The average molecular weight is 367 g/mol. The first kappa shape index (κ1) is 20.5. The van der Waals surface area contributed by atoms with E-state index in [1.54, 1.807) is 24.3 Å². The second-order valence-electron chi connectivity index (χ2n) is 6.46. The monoisotopic (exact) mass is 367 g/mol. The van der Waals surface area contributed by atoms with E-state index in [9.17, 15) is 9.59 Å². The zero-order valence-electron chi connectivity index (χ0n) is 16.6. The number of aryl methyl sites for hydroxylation is 1. The smallest absolute Gasteiger partial charge is 0.255 e. The maximum absolute atomic E-state index is 12.5. The van der Waals surface area contributed by atoms with E-state index in [2.05, 4.69) is 35.4 Å². The van der Waals surface area contributed by atoms with Gasteiger partial charge in [-0.25, -0.2) is 0 Å². The fourth-order valence-corrected chi connectivity index (χ4v) is 2.88. The van der Waals surface area contributed by atoms with E-state index in [1.165, 1.54) is 0 Å². The highest BCUT2D eigenvalue weighted by Gasteiger charge is 2.11. The number of nitrogens with one attached hydrogen (secondary N) is 2. The lowest BCUT2D eigenvalue weighted by Gasteiger charge is -2.22. The summed E-state index contributed by atoms with van der Waals surface area (Å²) in [6.07, 6.45) is 0.888. The maximum atomic E-state index is 12.5. The molecule has 144 valence electrons. The summed E-state index contributed by atoms with van der Waals surface area (Å²) in [5.74, 6) is -0.305. The van der Waals surface area contributed by atoms with E-state index >= 15 is 0 Å². The van der Waals surface area contributed by atoms with Crippen molar-refractivity contribution in [3.8, 4) is 0 Å². The van der Waals surface area contributed by atoms with Crippen LogP contribution in [0.3, 0.4) is 0 Å². The molecule has 2 aromatic rings. The Bertz CT molecular complexity index is 781. The molecule has 0 bridgehead atoms.